The number of aromatic nitrogens is 2. The Morgan fingerprint density at radius 2 is 1.80 bits per heavy atom. The lowest BCUT2D eigenvalue weighted by atomic mass is 9.99. The number of carbonyl (C=O) groups is 2. The number of ketones is 1. The standard InChI is InChI=1S/C33H38N3O12P/c1-6-13-44-33(40)35-31-21(3)19-36(32(39)34-31)28-18-26(27(20-37)46-28)47-49(41,45-14-7-2)48-30(29(38)22-11-9-8-10-12-22)23-15-24(42-4)17-25(16-23)43-5/h6-12,15-17,19,26-28,30,37H,1-2,13-14,18,20H2,3-5H3,(H,34,35,39,40)/t26-,27+,28+,30?,49?/m0/s1. The zero-order chi connectivity index (χ0) is 35.6. The number of benzene rings is 2. The van der Waals surface area contributed by atoms with Crippen LogP contribution in [-0.4, -0.2) is 72.8 Å². The number of hydrogen-bond acceptors (Lipinski definition) is 13. The third-order valence-corrected chi connectivity index (χ3v) is 8.64. The predicted octanol–water partition coefficient (Wildman–Crippen LogP) is 4.92. The summed E-state index contributed by atoms with van der Waals surface area (Å²) in [5.41, 5.74) is 0.0690. The van der Waals surface area contributed by atoms with Crippen molar-refractivity contribution in [2.45, 2.75) is 37.9 Å². The van der Waals surface area contributed by atoms with Gasteiger partial charge in [-0.05, 0) is 24.6 Å². The molecule has 1 saturated heterocycles. The highest BCUT2D eigenvalue weighted by Crippen LogP contribution is 2.56. The van der Waals surface area contributed by atoms with E-state index in [0.717, 1.165) is 4.57 Å². The van der Waals surface area contributed by atoms with E-state index < -0.39 is 56.5 Å². The van der Waals surface area contributed by atoms with Gasteiger partial charge >= 0.3 is 19.6 Å². The van der Waals surface area contributed by atoms with Gasteiger partial charge in [0.1, 0.15) is 42.4 Å². The summed E-state index contributed by atoms with van der Waals surface area (Å²) in [5.74, 6) is 0.0709. The van der Waals surface area contributed by atoms with E-state index in [4.69, 9.17) is 32.5 Å². The van der Waals surface area contributed by atoms with Crippen molar-refractivity contribution in [1.29, 1.82) is 0 Å². The van der Waals surface area contributed by atoms with Gasteiger partial charge in [-0.15, -0.1) is 6.58 Å². The van der Waals surface area contributed by atoms with Crippen molar-refractivity contribution >= 4 is 25.5 Å². The minimum atomic E-state index is -4.69. The van der Waals surface area contributed by atoms with Crippen LogP contribution in [0.4, 0.5) is 10.6 Å². The number of nitrogens with one attached hydrogen (secondary N) is 1. The third-order valence-electron chi connectivity index (χ3n) is 7.18. The molecule has 4 rings (SSSR count). The number of aliphatic hydroxyl groups excluding tert-OH is 1. The molecule has 16 heteroatoms. The van der Waals surface area contributed by atoms with Gasteiger partial charge in [0.05, 0.1) is 27.4 Å². The summed E-state index contributed by atoms with van der Waals surface area (Å²) in [6.45, 7) is 7.73. The molecule has 1 aliphatic heterocycles. The summed E-state index contributed by atoms with van der Waals surface area (Å²) < 4.78 is 54.6. The van der Waals surface area contributed by atoms with Gasteiger partial charge in [-0.2, -0.15) is 4.98 Å². The van der Waals surface area contributed by atoms with Crippen molar-refractivity contribution in [3.63, 3.8) is 0 Å². The Morgan fingerprint density at radius 3 is 2.41 bits per heavy atom. The average Bonchev–Trinajstić information content (AvgIpc) is 3.51. The second-order valence-electron chi connectivity index (χ2n) is 10.6. The number of rotatable bonds is 17. The summed E-state index contributed by atoms with van der Waals surface area (Å²) in [6.07, 6.45) is -1.69. The molecule has 3 aromatic rings. The van der Waals surface area contributed by atoms with Crippen LogP contribution in [0.15, 0.2) is 84.8 Å². The van der Waals surface area contributed by atoms with E-state index >= 15 is 0 Å². The van der Waals surface area contributed by atoms with Crippen LogP contribution in [0.3, 0.4) is 0 Å². The number of anilines is 1. The lowest BCUT2D eigenvalue weighted by molar-refractivity contribution is -0.0485. The molecule has 2 aromatic carbocycles. The molecular weight excluding hydrogens is 661 g/mol. The molecule has 2 heterocycles. The third kappa shape index (κ3) is 9.50. The van der Waals surface area contributed by atoms with Crippen LogP contribution in [0.1, 0.15) is 40.2 Å². The molecule has 262 valence electrons. The molecule has 15 nitrogen and oxygen atoms in total. The molecule has 1 fully saturated rings. The van der Waals surface area contributed by atoms with E-state index in [0.29, 0.717) is 17.1 Å². The molecule has 1 aromatic heterocycles. The van der Waals surface area contributed by atoms with Crippen molar-refractivity contribution in [2.75, 3.05) is 39.4 Å². The van der Waals surface area contributed by atoms with E-state index in [9.17, 15) is 24.1 Å². The van der Waals surface area contributed by atoms with Crippen LogP contribution in [0, 0.1) is 6.92 Å². The van der Waals surface area contributed by atoms with Crippen molar-refractivity contribution in [2.24, 2.45) is 0 Å². The van der Waals surface area contributed by atoms with Gasteiger partial charge in [0.25, 0.3) is 0 Å². The maximum atomic E-state index is 14.4. The summed E-state index contributed by atoms with van der Waals surface area (Å²) in [7, 11) is -1.82. The van der Waals surface area contributed by atoms with Crippen LogP contribution >= 0.6 is 7.82 Å². The van der Waals surface area contributed by atoms with E-state index in [1.54, 1.807) is 43.3 Å². The molecule has 2 N–H and O–H groups in total. The van der Waals surface area contributed by atoms with Gasteiger partial charge in [0.2, 0.25) is 0 Å². The molecule has 1 aliphatic rings. The van der Waals surface area contributed by atoms with Crippen molar-refractivity contribution in [3.05, 3.63) is 107 Å². The number of hydrogen-bond donors (Lipinski definition) is 2. The highest BCUT2D eigenvalue weighted by molar-refractivity contribution is 7.48. The van der Waals surface area contributed by atoms with E-state index in [2.05, 4.69) is 23.5 Å². The lowest BCUT2D eigenvalue weighted by Gasteiger charge is -2.27. The largest absolute Gasteiger partial charge is 0.497 e. The SMILES string of the molecule is C=CCOC(=O)Nc1nc(=O)n([C@H]2C[C@H](OP(=O)(OCC=C)OC(C(=O)c3ccccc3)c3cc(OC)cc(OC)c3)[C@@H](CO)O2)cc1C. The van der Waals surface area contributed by atoms with Crippen molar-refractivity contribution < 1.29 is 51.8 Å². The molecule has 2 unspecified atom stereocenters. The minimum Gasteiger partial charge on any atom is -0.497 e. The van der Waals surface area contributed by atoms with Crippen molar-refractivity contribution in [3.8, 4) is 11.5 Å². The predicted molar refractivity (Wildman–Crippen MR) is 177 cm³/mol. The maximum absolute atomic E-state index is 14.4. The normalized spacial score (nSPS) is 18.9. The Bertz CT molecular complexity index is 1730. The highest BCUT2D eigenvalue weighted by Gasteiger charge is 2.45. The lowest BCUT2D eigenvalue weighted by Crippen LogP contribution is -2.30. The fraction of sp³-hybridized carbons (Fsp3) is 0.333. The molecule has 5 atom stereocenters. The second kappa shape index (κ2) is 17.2. The van der Waals surface area contributed by atoms with Crippen molar-refractivity contribution in [1.82, 2.24) is 9.55 Å². The number of aliphatic hydroxyl groups is 1. The Balaban J connectivity index is 1.65. The smallest absolute Gasteiger partial charge is 0.476 e. The number of methoxy groups -OCH3 is 2. The number of nitrogens with zero attached hydrogens (tertiary/aromatic N) is 2. The molecule has 0 saturated carbocycles. The number of phosphoric ester groups is 1. The van der Waals surface area contributed by atoms with E-state index in [-0.39, 0.29) is 36.6 Å². The van der Waals surface area contributed by atoms with Gasteiger partial charge in [0, 0.05) is 29.8 Å². The number of aryl methyl sites for hydroxylation is 1. The summed E-state index contributed by atoms with van der Waals surface area (Å²) in [6, 6.07) is 12.8. The molecule has 0 radical (unpaired) electrons. The topological polar surface area (TPSA) is 183 Å². The molecule has 0 bridgehead atoms. The Hall–Kier alpha value is -4.63. The van der Waals surface area contributed by atoms with Gasteiger partial charge in [0.15, 0.2) is 11.9 Å². The van der Waals surface area contributed by atoms with Gasteiger partial charge in [-0.3, -0.25) is 28.2 Å². The number of amides is 1. The first-order chi connectivity index (χ1) is 23.5. The average molecular weight is 700 g/mol. The van der Waals surface area contributed by atoms with Crippen LogP contribution in [-0.2, 0) is 27.6 Å². The zero-order valence-corrected chi connectivity index (χ0v) is 28.1. The first kappa shape index (κ1) is 37.2. The molecule has 49 heavy (non-hydrogen) atoms. The molecule has 1 amide bonds. The second-order valence-corrected chi connectivity index (χ2v) is 12.1. The first-order valence-electron chi connectivity index (χ1n) is 15.0. The molecule has 0 aliphatic carbocycles. The maximum Gasteiger partial charge on any atom is 0.476 e. The van der Waals surface area contributed by atoms with Crippen LogP contribution < -0.4 is 20.5 Å². The van der Waals surface area contributed by atoms with E-state index in [1.165, 1.54) is 44.7 Å². The van der Waals surface area contributed by atoms with Gasteiger partial charge in [-0.1, -0.05) is 49.1 Å². The summed E-state index contributed by atoms with van der Waals surface area (Å²) in [5, 5.41) is 12.6. The number of carbonyl (C=O) groups excluding carboxylic acids is 2. The number of phosphoric acid groups is 1. The fourth-order valence-corrected chi connectivity index (χ4v) is 6.32. The first-order valence-corrected chi connectivity index (χ1v) is 16.5. The van der Waals surface area contributed by atoms with Gasteiger partial charge < -0.3 is 24.1 Å². The highest BCUT2D eigenvalue weighted by atomic mass is 31.2. The monoisotopic (exact) mass is 699 g/mol. The van der Waals surface area contributed by atoms with Crippen LogP contribution in [0.25, 0.3) is 0 Å². The van der Waals surface area contributed by atoms with Gasteiger partial charge in [-0.25, -0.2) is 14.2 Å². The number of Topliss-reactive ketones (excluding diaryl/α,β-unsaturated/α-hetero) is 1. The Morgan fingerprint density at radius 1 is 1.12 bits per heavy atom. The molecule has 0 spiro atoms. The summed E-state index contributed by atoms with van der Waals surface area (Å²) >= 11 is 0. The quantitative estimate of drug-likeness (QED) is 0.110. The Kier molecular flexibility index (Phi) is 13.0. The zero-order valence-electron chi connectivity index (χ0n) is 27.2. The van der Waals surface area contributed by atoms with Crippen LogP contribution in [0.2, 0.25) is 0 Å². The Labute approximate surface area is 282 Å². The fourth-order valence-electron chi connectivity index (χ4n) is 4.83. The summed E-state index contributed by atoms with van der Waals surface area (Å²) in [4.78, 5) is 42.8. The molecular formula is C33H38N3O12P. The van der Waals surface area contributed by atoms with E-state index in [1.807, 2.05) is 0 Å². The van der Waals surface area contributed by atoms with Crippen LogP contribution in [0.5, 0.6) is 11.5 Å². The minimum absolute atomic E-state index is 0.0289. The number of ether oxygens (including phenoxy) is 4.